The zero-order valence-corrected chi connectivity index (χ0v) is 15.8. The summed E-state index contributed by atoms with van der Waals surface area (Å²) < 4.78 is 12.3. The van der Waals surface area contributed by atoms with Gasteiger partial charge in [-0.15, -0.1) is 0 Å². The Labute approximate surface area is 161 Å². The SMILES string of the molecule is CCOC(=O)c1cn(-c2c(C)cc(=O)[nH]c2C)cc(Oc2ccccc2)c1=O. The third kappa shape index (κ3) is 3.88. The molecule has 0 aliphatic rings. The summed E-state index contributed by atoms with van der Waals surface area (Å²) in [4.78, 5) is 39.6. The summed E-state index contributed by atoms with van der Waals surface area (Å²) in [5.74, 6) is -0.302. The lowest BCUT2D eigenvalue weighted by atomic mass is 10.1. The van der Waals surface area contributed by atoms with Crippen LogP contribution in [-0.4, -0.2) is 22.1 Å². The molecule has 3 rings (SSSR count). The lowest BCUT2D eigenvalue weighted by Crippen LogP contribution is -2.22. The highest BCUT2D eigenvalue weighted by atomic mass is 16.5. The molecule has 0 amide bonds. The molecule has 28 heavy (non-hydrogen) atoms. The van der Waals surface area contributed by atoms with Gasteiger partial charge in [-0.3, -0.25) is 9.59 Å². The van der Waals surface area contributed by atoms with Gasteiger partial charge in [0, 0.05) is 18.0 Å². The topological polar surface area (TPSA) is 90.4 Å². The van der Waals surface area contributed by atoms with Gasteiger partial charge in [-0.05, 0) is 38.5 Å². The van der Waals surface area contributed by atoms with Gasteiger partial charge in [-0.25, -0.2) is 4.79 Å². The average Bonchev–Trinajstić information content (AvgIpc) is 2.64. The van der Waals surface area contributed by atoms with Gasteiger partial charge < -0.3 is 19.0 Å². The standard InChI is InChI=1S/C21H20N2O5/c1-4-27-21(26)16-11-23(19-13(2)10-18(24)22-14(19)3)12-17(20(16)25)28-15-8-6-5-7-9-15/h5-12H,4H2,1-3H3,(H,22,24). The monoisotopic (exact) mass is 380 g/mol. The third-order valence-corrected chi connectivity index (χ3v) is 4.10. The van der Waals surface area contributed by atoms with E-state index in [4.69, 9.17) is 9.47 Å². The van der Waals surface area contributed by atoms with Crippen molar-refractivity contribution in [3.63, 3.8) is 0 Å². The Bertz CT molecular complexity index is 1100. The summed E-state index contributed by atoms with van der Waals surface area (Å²) in [7, 11) is 0. The molecule has 1 N–H and O–H groups in total. The van der Waals surface area contributed by atoms with Crippen molar-refractivity contribution >= 4 is 5.97 Å². The number of H-pyrrole nitrogens is 1. The van der Waals surface area contributed by atoms with Gasteiger partial charge >= 0.3 is 5.97 Å². The quantitative estimate of drug-likeness (QED) is 0.687. The fourth-order valence-electron chi connectivity index (χ4n) is 2.96. The number of benzene rings is 1. The molecule has 2 heterocycles. The van der Waals surface area contributed by atoms with Crippen LogP contribution in [0.15, 0.2) is 58.4 Å². The number of hydrogen-bond acceptors (Lipinski definition) is 5. The Morgan fingerprint density at radius 3 is 2.46 bits per heavy atom. The van der Waals surface area contributed by atoms with Crippen molar-refractivity contribution in [3.05, 3.63) is 86.2 Å². The van der Waals surface area contributed by atoms with E-state index in [1.807, 2.05) is 6.07 Å². The number of nitrogens with one attached hydrogen (secondary N) is 1. The summed E-state index contributed by atoms with van der Waals surface area (Å²) in [6, 6.07) is 10.2. The number of aryl methyl sites for hydroxylation is 2. The Kier molecular flexibility index (Phi) is 5.44. The zero-order chi connectivity index (χ0) is 20.3. The molecule has 0 bridgehead atoms. The molecule has 0 fully saturated rings. The molecule has 1 aromatic carbocycles. The number of hydrogen-bond donors (Lipinski definition) is 1. The van der Waals surface area contributed by atoms with Gasteiger partial charge in [-0.1, -0.05) is 18.2 Å². The molecule has 7 heteroatoms. The number of ether oxygens (including phenoxy) is 2. The van der Waals surface area contributed by atoms with Gasteiger partial charge in [-0.2, -0.15) is 0 Å². The van der Waals surface area contributed by atoms with Crippen molar-refractivity contribution in [3.8, 4) is 17.2 Å². The smallest absolute Gasteiger partial charge is 0.343 e. The number of nitrogens with zero attached hydrogens (tertiary/aromatic N) is 1. The van der Waals surface area contributed by atoms with Gasteiger partial charge in [0.15, 0.2) is 5.75 Å². The van der Waals surface area contributed by atoms with Crippen LogP contribution in [0.2, 0.25) is 0 Å². The molecular weight excluding hydrogens is 360 g/mol. The highest BCUT2D eigenvalue weighted by Crippen LogP contribution is 2.22. The van der Waals surface area contributed by atoms with Crippen molar-refractivity contribution in [1.82, 2.24) is 9.55 Å². The van der Waals surface area contributed by atoms with Crippen LogP contribution in [0.5, 0.6) is 11.5 Å². The second-order valence-corrected chi connectivity index (χ2v) is 6.20. The van der Waals surface area contributed by atoms with Crippen molar-refractivity contribution in [1.29, 1.82) is 0 Å². The second kappa shape index (κ2) is 7.96. The molecule has 2 aromatic heterocycles. The number of aromatic nitrogens is 2. The summed E-state index contributed by atoms with van der Waals surface area (Å²) >= 11 is 0. The molecule has 0 unspecified atom stereocenters. The molecule has 0 atom stereocenters. The Balaban J connectivity index is 2.22. The van der Waals surface area contributed by atoms with E-state index >= 15 is 0 Å². The fourth-order valence-corrected chi connectivity index (χ4v) is 2.96. The minimum Gasteiger partial charge on any atom is -0.462 e. The van der Waals surface area contributed by atoms with Crippen molar-refractivity contribution in [2.45, 2.75) is 20.8 Å². The maximum Gasteiger partial charge on any atom is 0.343 e. The van der Waals surface area contributed by atoms with Crippen LogP contribution in [0, 0.1) is 13.8 Å². The average molecular weight is 380 g/mol. The number of pyridine rings is 2. The fraction of sp³-hybridized carbons (Fsp3) is 0.190. The van der Waals surface area contributed by atoms with E-state index in [2.05, 4.69) is 4.98 Å². The Morgan fingerprint density at radius 1 is 1.11 bits per heavy atom. The number of carbonyl (C=O) groups is 1. The molecule has 7 nitrogen and oxygen atoms in total. The minimum absolute atomic E-state index is 0.0262. The number of carbonyl (C=O) groups excluding carboxylic acids is 1. The van der Waals surface area contributed by atoms with Crippen molar-refractivity contribution in [2.75, 3.05) is 6.61 Å². The minimum atomic E-state index is -0.737. The van der Waals surface area contributed by atoms with Crippen LogP contribution in [-0.2, 0) is 4.74 Å². The first-order valence-corrected chi connectivity index (χ1v) is 8.78. The maximum absolute atomic E-state index is 12.8. The van der Waals surface area contributed by atoms with Gasteiger partial charge in [0.1, 0.15) is 11.3 Å². The van der Waals surface area contributed by atoms with Crippen LogP contribution in [0.3, 0.4) is 0 Å². The van der Waals surface area contributed by atoms with Crippen LogP contribution < -0.4 is 15.7 Å². The lowest BCUT2D eigenvalue weighted by Gasteiger charge is -2.16. The van der Waals surface area contributed by atoms with E-state index in [9.17, 15) is 14.4 Å². The normalized spacial score (nSPS) is 10.5. The molecular formula is C21H20N2O5. The molecule has 0 saturated carbocycles. The number of esters is 1. The van der Waals surface area contributed by atoms with E-state index in [0.717, 1.165) is 0 Å². The summed E-state index contributed by atoms with van der Waals surface area (Å²) in [6.45, 7) is 5.32. The largest absolute Gasteiger partial charge is 0.462 e. The molecule has 0 spiro atoms. The highest BCUT2D eigenvalue weighted by Gasteiger charge is 2.19. The maximum atomic E-state index is 12.8. The number of para-hydroxylation sites is 1. The van der Waals surface area contributed by atoms with Gasteiger partial charge in [0.05, 0.1) is 18.5 Å². The van der Waals surface area contributed by atoms with Gasteiger partial charge in [0.25, 0.3) is 0 Å². The third-order valence-electron chi connectivity index (χ3n) is 4.10. The van der Waals surface area contributed by atoms with E-state index < -0.39 is 11.4 Å². The summed E-state index contributed by atoms with van der Waals surface area (Å²) in [5, 5.41) is 0. The van der Waals surface area contributed by atoms with Crippen LogP contribution in [0.25, 0.3) is 5.69 Å². The first-order chi connectivity index (χ1) is 13.4. The molecule has 0 radical (unpaired) electrons. The van der Waals surface area contributed by atoms with E-state index in [1.54, 1.807) is 49.6 Å². The molecule has 0 aliphatic carbocycles. The highest BCUT2D eigenvalue weighted by molar-refractivity contribution is 5.89. The Morgan fingerprint density at radius 2 is 1.82 bits per heavy atom. The molecule has 0 aliphatic heterocycles. The van der Waals surface area contributed by atoms with Gasteiger partial charge in [0.2, 0.25) is 11.0 Å². The van der Waals surface area contributed by atoms with Crippen molar-refractivity contribution < 1.29 is 14.3 Å². The van der Waals surface area contributed by atoms with E-state index in [0.29, 0.717) is 22.7 Å². The predicted octanol–water partition coefficient (Wildman–Crippen LogP) is 3.11. The predicted molar refractivity (Wildman–Crippen MR) is 105 cm³/mol. The summed E-state index contributed by atoms with van der Waals surface area (Å²) in [5.41, 5.74) is 0.965. The van der Waals surface area contributed by atoms with Crippen molar-refractivity contribution in [2.24, 2.45) is 0 Å². The van der Waals surface area contributed by atoms with Crippen LogP contribution >= 0.6 is 0 Å². The van der Waals surface area contributed by atoms with E-state index in [1.165, 1.54) is 18.5 Å². The first kappa shape index (κ1) is 19.2. The second-order valence-electron chi connectivity index (χ2n) is 6.20. The van der Waals surface area contributed by atoms with Crippen LogP contribution in [0.1, 0.15) is 28.5 Å². The Hall–Kier alpha value is -3.61. The van der Waals surface area contributed by atoms with E-state index in [-0.39, 0.29) is 23.5 Å². The number of rotatable bonds is 5. The first-order valence-electron chi connectivity index (χ1n) is 8.78. The lowest BCUT2D eigenvalue weighted by molar-refractivity contribution is 0.0523. The molecule has 144 valence electrons. The van der Waals surface area contributed by atoms with Crippen LogP contribution in [0.4, 0.5) is 0 Å². The summed E-state index contributed by atoms with van der Waals surface area (Å²) in [6.07, 6.45) is 2.89. The zero-order valence-electron chi connectivity index (χ0n) is 15.8. The molecule has 3 aromatic rings. The number of aromatic amines is 1. The molecule has 0 saturated heterocycles.